The standard InChI is InChI=1S/C38H45F5N6O3/c1-23(2)32-8-9-33(46-45-32)25-4-6-28(7-5-25)52-35-18-29(30(39)17-26(35)20-49-19-24(3)16-36(49)50)37(51)44-34-12-15-48(21-31(34)40)27-10-13-47(14-11-27)22-38(41,42)43/h4-9,17-18,23-24,27,31,34H,10-16,19-22H2,1-3H3,(H,44,51). The smallest absolute Gasteiger partial charge is 0.401 e. The summed E-state index contributed by atoms with van der Waals surface area (Å²) < 4.78 is 75.8. The molecule has 0 bridgehead atoms. The summed E-state index contributed by atoms with van der Waals surface area (Å²) >= 11 is 0. The zero-order chi connectivity index (χ0) is 37.2. The molecule has 2 amide bonds. The van der Waals surface area contributed by atoms with Crippen molar-refractivity contribution in [3.63, 3.8) is 0 Å². The maximum atomic E-state index is 15.7. The van der Waals surface area contributed by atoms with Crippen molar-refractivity contribution in [1.82, 2.24) is 30.2 Å². The van der Waals surface area contributed by atoms with Gasteiger partial charge in [0.1, 0.15) is 23.5 Å². The van der Waals surface area contributed by atoms with E-state index in [2.05, 4.69) is 15.5 Å². The Morgan fingerprint density at radius 1 is 1.00 bits per heavy atom. The number of ether oxygens (including phenoxy) is 1. The molecule has 14 heteroatoms. The predicted octanol–water partition coefficient (Wildman–Crippen LogP) is 6.74. The van der Waals surface area contributed by atoms with E-state index in [1.807, 2.05) is 49.9 Å². The average molecular weight is 729 g/mol. The molecule has 3 aliphatic rings. The summed E-state index contributed by atoms with van der Waals surface area (Å²) in [6, 6.07) is 12.5. The topological polar surface area (TPSA) is 90.9 Å². The van der Waals surface area contributed by atoms with E-state index in [0.717, 1.165) is 11.3 Å². The van der Waals surface area contributed by atoms with Crippen LogP contribution in [0.4, 0.5) is 22.0 Å². The second kappa shape index (κ2) is 15.8. The molecule has 52 heavy (non-hydrogen) atoms. The maximum Gasteiger partial charge on any atom is 0.401 e. The molecule has 6 rings (SSSR count). The van der Waals surface area contributed by atoms with Crippen LogP contribution < -0.4 is 10.1 Å². The third kappa shape index (κ3) is 9.24. The van der Waals surface area contributed by atoms with Gasteiger partial charge in [-0.25, -0.2) is 8.78 Å². The van der Waals surface area contributed by atoms with E-state index in [9.17, 15) is 22.8 Å². The van der Waals surface area contributed by atoms with Gasteiger partial charge in [-0.2, -0.15) is 23.4 Å². The number of benzene rings is 2. The highest BCUT2D eigenvalue weighted by molar-refractivity contribution is 5.95. The number of halogens is 5. The first-order valence-corrected chi connectivity index (χ1v) is 17.9. The highest BCUT2D eigenvalue weighted by Crippen LogP contribution is 2.33. The van der Waals surface area contributed by atoms with Crippen LogP contribution in [0.1, 0.15) is 74.0 Å². The normalized spacial score (nSPS) is 22.3. The van der Waals surface area contributed by atoms with Crippen molar-refractivity contribution in [3.8, 4) is 22.8 Å². The number of aromatic nitrogens is 2. The molecule has 9 nitrogen and oxygen atoms in total. The average Bonchev–Trinajstić information content (AvgIpc) is 3.42. The minimum atomic E-state index is -4.26. The molecule has 3 aromatic rings. The van der Waals surface area contributed by atoms with Crippen molar-refractivity contribution in [2.24, 2.45) is 5.92 Å². The van der Waals surface area contributed by atoms with Gasteiger partial charge < -0.3 is 15.0 Å². The Labute approximate surface area is 300 Å². The SMILES string of the molecule is CC1CC(=O)N(Cc2cc(F)c(C(=O)NC3CCN(C4CCN(CC(F)(F)F)CC4)CC3F)cc2Oc2ccc(-c3ccc(C(C)C)nn3)cc2)C1. The fourth-order valence-electron chi connectivity index (χ4n) is 7.31. The first kappa shape index (κ1) is 37.6. The summed E-state index contributed by atoms with van der Waals surface area (Å²) in [5, 5.41) is 11.3. The molecule has 0 spiro atoms. The van der Waals surface area contributed by atoms with E-state index < -0.39 is 36.7 Å². The van der Waals surface area contributed by atoms with Crippen LogP contribution in [0.25, 0.3) is 11.3 Å². The number of rotatable bonds is 10. The fraction of sp³-hybridized carbons (Fsp3) is 0.526. The van der Waals surface area contributed by atoms with Crippen LogP contribution in [-0.4, -0.2) is 100 Å². The number of likely N-dealkylation sites (tertiary alicyclic amines) is 3. The molecule has 3 fully saturated rings. The molecule has 3 saturated heterocycles. The Morgan fingerprint density at radius 2 is 1.73 bits per heavy atom. The largest absolute Gasteiger partial charge is 0.457 e. The number of nitrogens with zero attached hydrogens (tertiary/aromatic N) is 5. The minimum absolute atomic E-state index is 0.0242. The van der Waals surface area contributed by atoms with E-state index in [-0.39, 0.29) is 67.7 Å². The van der Waals surface area contributed by atoms with Gasteiger partial charge in [-0.3, -0.25) is 19.4 Å². The third-order valence-electron chi connectivity index (χ3n) is 10.2. The molecule has 3 unspecified atom stereocenters. The number of amides is 2. The number of nitrogens with one attached hydrogen (secondary N) is 1. The third-order valence-corrected chi connectivity index (χ3v) is 10.2. The molecular formula is C38H45F5N6O3. The lowest BCUT2D eigenvalue weighted by Crippen LogP contribution is -2.56. The summed E-state index contributed by atoms with van der Waals surface area (Å²) in [6.45, 7) is 6.75. The van der Waals surface area contributed by atoms with Gasteiger partial charge in [-0.05, 0) is 92.7 Å². The van der Waals surface area contributed by atoms with E-state index >= 15 is 8.78 Å². The predicted molar refractivity (Wildman–Crippen MR) is 185 cm³/mol. The van der Waals surface area contributed by atoms with Crippen molar-refractivity contribution in [3.05, 3.63) is 71.2 Å². The Kier molecular flexibility index (Phi) is 11.4. The number of piperidine rings is 2. The highest BCUT2D eigenvalue weighted by atomic mass is 19.4. The van der Waals surface area contributed by atoms with Gasteiger partial charge in [-0.1, -0.05) is 20.8 Å². The molecule has 2 aromatic carbocycles. The van der Waals surface area contributed by atoms with Crippen LogP contribution in [0.3, 0.4) is 0 Å². The Bertz CT molecular complexity index is 1710. The molecule has 3 aliphatic heterocycles. The summed E-state index contributed by atoms with van der Waals surface area (Å²) in [7, 11) is 0. The molecule has 4 heterocycles. The van der Waals surface area contributed by atoms with Gasteiger partial charge in [0, 0.05) is 49.8 Å². The van der Waals surface area contributed by atoms with Crippen LogP contribution in [0.2, 0.25) is 0 Å². The summed E-state index contributed by atoms with van der Waals surface area (Å²) in [6.07, 6.45) is -4.03. The molecule has 3 atom stereocenters. The van der Waals surface area contributed by atoms with Gasteiger partial charge in [0.25, 0.3) is 5.91 Å². The molecular weight excluding hydrogens is 683 g/mol. The van der Waals surface area contributed by atoms with Crippen molar-refractivity contribution >= 4 is 11.8 Å². The zero-order valence-electron chi connectivity index (χ0n) is 29.6. The first-order valence-electron chi connectivity index (χ1n) is 17.9. The van der Waals surface area contributed by atoms with E-state index in [1.54, 1.807) is 17.0 Å². The fourth-order valence-corrected chi connectivity index (χ4v) is 7.31. The lowest BCUT2D eigenvalue weighted by Gasteiger charge is -2.43. The molecule has 1 aromatic heterocycles. The Hall–Kier alpha value is -4.17. The summed E-state index contributed by atoms with van der Waals surface area (Å²) in [4.78, 5) is 31.0. The van der Waals surface area contributed by atoms with Gasteiger partial charge in [0.2, 0.25) is 5.91 Å². The maximum absolute atomic E-state index is 15.7. The van der Waals surface area contributed by atoms with Gasteiger partial charge in [-0.15, -0.1) is 0 Å². The van der Waals surface area contributed by atoms with E-state index in [4.69, 9.17) is 4.74 Å². The van der Waals surface area contributed by atoms with E-state index in [0.29, 0.717) is 49.4 Å². The second-order valence-corrected chi connectivity index (χ2v) is 14.6. The number of alkyl halides is 4. The van der Waals surface area contributed by atoms with Crippen LogP contribution in [0.5, 0.6) is 11.5 Å². The van der Waals surface area contributed by atoms with Crippen molar-refractivity contribution < 1.29 is 36.3 Å². The highest BCUT2D eigenvalue weighted by Gasteiger charge is 2.37. The van der Waals surface area contributed by atoms with E-state index in [1.165, 1.54) is 17.0 Å². The summed E-state index contributed by atoms with van der Waals surface area (Å²) in [5.41, 5.74) is 2.44. The van der Waals surface area contributed by atoms with Crippen molar-refractivity contribution in [1.29, 1.82) is 0 Å². The molecule has 1 N–H and O–H groups in total. The van der Waals surface area contributed by atoms with Gasteiger partial charge >= 0.3 is 6.18 Å². The zero-order valence-corrected chi connectivity index (χ0v) is 29.6. The molecule has 0 aliphatic carbocycles. The lowest BCUT2D eigenvalue weighted by atomic mass is 9.96. The van der Waals surface area contributed by atoms with Gasteiger partial charge in [0.15, 0.2) is 0 Å². The van der Waals surface area contributed by atoms with Crippen molar-refractivity contribution in [2.45, 2.75) is 83.3 Å². The van der Waals surface area contributed by atoms with Crippen molar-refractivity contribution in [2.75, 3.05) is 39.3 Å². The number of hydrogen-bond donors (Lipinski definition) is 1. The number of carbonyl (C=O) groups excluding carboxylic acids is 2. The Morgan fingerprint density at radius 3 is 2.33 bits per heavy atom. The number of hydrogen-bond acceptors (Lipinski definition) is 7. The molecule has 0 radical (unpaired) electrons. The quantitative estimate of drug-likeness (QED) is 0.232. The molecule has 0 saturated carbocycles. The van der Waals surface area contributed by atoms with Crippen LogP contribution in [0.15, 0.2) is 48.5 Å². The monoisotopic (exact) mass is 728 g/mol. The van der Waals surface area contributed by atoms with Crippen LogP contribution >= 0.6 is 0 Å². The van der Waals surface area contributed by atoms with Crippen LogP contribution in [0, 0.1) is 11.7 Å². The van der Waals surface area contributed by atoms with Gasteiger partial charge in [0.05, 0.1) is 29.5 Å². The number of carbonyl (C=O) groups is 2. The van der Waals surface area contributed by atoms with Crippen LogP contribution in [-0.2, 0) is 11.3 Å². The second-order valence-electron chi connectivity index (χ2n) is 14.6. The molecule has 280 valence electrons. The minimum Gasteiger partial charge on any atom is -0.457 e. The Balaban J connectivity index is 1.14. The lowest BCUT2D eigenvalue weighted by molar-refractivity contribution is -0.149. The summed E-state index contributed by atoms with van der Waals surface area (Å²) in [5.74, 6) is -0.664. The first-order chi connectivity index (χ1) is 24.7.